The van der Waals surface area contributed by atoms with Gasteiger partial charge in [0, 0.05) is 18.8 Å². The Morgan fingerprint density at radius 1 is 1.11 bits per heavy atom. The van der Waals surface area contributed by atoms with Gasteiger partial charge in [-0.25, -0.2) is 4.98 Å². The number of hydrogen-bond donors (Lipinski definition) is 1. The maximum Gasteiger partial charge on any atom is 0.311 e. The predicted octanol–water partition coefficient (Wildman–Crippen LogP) is 3.18. The molecule has 1 N–H and O–H groups in total. The van der Waals surface area contributed by atoms with E-state index in [0.717, 1.165) is 62.6 Å². The van der Waals surface area contributed by atoms with Crippen molar-refractivity contribution in [2.24, 2.45) is 11.3 Å². The summed E-state index contributed by atoms with van der Waals surface area (Å²) >= 11 is 0. The molecule has 1 aromatic heterocycles. The summed E-state index contributed by atoms with van der Waals surface area (Å²) in [4.78, 5) is 18.8. The zero-order valence-corrected chi connectivity index (χ0v) is 15.5. The van der Waals surface area contributed by atoms with Crippen molar-refractivity contribution in [3.63, 3.8) is 0 Å². The summed E-state index contributed by atoms with van der Waals surface area (Å²) in [5.74, 6) is -0.114. The molecule has 0 amide bonds. The van der Waals surface area contributed by atoms with E-state index in [1.807, 2.05) is 4.90 Å². The Bertz CT molecular complexity index is 866. The van der Waals surface area contributed by atoms with E-state index in [9.17, 15) is 20.4 Å². The molecule has 140 valence electrons. The Kier molecular flexibility index (Phi) is 4.52. The van der Waals surface area contributed by atoms with Gasteiger partial charge in [0.2, 0.25) is 0 Å². The lowest BCUT2D eigenvalue weighted by Crippen LogP contribution is -2.36. The van der Waals surface area contributed by atoms with E-state index >= 15 is 0 Å². The summed E-state index contributed by atoms with van der Waals surface area (Å²) in [6.45, 7) is 0.996. The van der Waals surface area contributed by atoms with Crippen molar-refractivity contribution in [1.82, 2.24) is 4.98 Å². The van der Waals surface area contributed by atoms with Crippen molar-refractivity contribution < 1.29 is 9.90 Å². The zero-order chi connectivity index (χ0) is 19.0. The van der Waals surface area contributed by atoms with E-state index in [1.54, 1.807) is 0 Å². The first-order valence-corrected chi connectivity index (χ1v) is 9.95. The Morgan fingerprint density at radius 3 is 2.52 bits per heavy atom. The summed E-state index contributed by atoms with van der Waals surface area (Å²) in [7, 11) is 0. The number of fused-ring (bicyclic) bond motifs is 2. The molecule has 27 heavy (non-hydrogen) atoms. The minimum Gasteiger partial charge on any atom is -0.481 e. The molecule has 3 aliphatic rings. The highest BCUT2D eigenvalue weighted by molar-refractivity contribution is 5.78. The second-order valence-corrected chi connectivity index (χ2v) is 8.18. The number of rotatable bonds is 2. The molecule has 6 heteroatoms. The number of carboxylic acids is 1. The Balaban J connectivity index is 1.80. The van der Waals surface area contributed by atoms with Crippen molar-refractivity contribution in [3.8, 4) is 12.1 Å². The highest BCUT2D eigenvalue weighted by atomic mass is 16.4. The quantitative estimate of drug-likeness (QED) is 0.865. The fraction of sp³-hybridized carbons (Fsp3) is 0.619. The predicted molar refractivity (Wildman–Crippen MR) is 99.2 cm³/mol. The molecule has 2 aliphatic carbocycles. The highest BCUT2D eigenvalue weighted by Gasteiger charge is 2.55. The average Bonchev–Trinajstić information content (AvgIpc) is 3.19. The molecular formula is C21H24N4O2. The van der Waals surface area contributed by atoms with Crippen LogP contribution in [0, 0.1) is 34.0 Å². The summed E-state index contributed by atoms with van der Waals surface area (Å²) in [6, 6.07) is 4.48. The molecule has 0 unspecified atom stereocenters. The van der Waals surface area contributed by atoms with Crippen LogP contribution in [0.1, 0.15) is 67.3 Å². The molecule has 1 saturated carbocycles. The number of nitrogens with zero attached hydrogens (tertiary/aromatic N) is 4. The molecule has 1 saturated heterocycles. The SMILES string of the molecule is N#Cc1c(N2C[C@@H]3CCC[C@@]3(C(=O)O)C2)nc2c(c1C#N)CCCCCC2. The number of pyridine rings is 1. The third-order valence-electron chi connectivity index (χ3n) is 6.77. The number of hydrogen-bond acceptors (Lipinski definition) is 5. The van der Waals surface area contributed by atoms with Gasteiger partial charge in [0.25, 0.3) is 0 Å². The molecule has 2 heterocycles. The lowest BCUT2D eigenvalue weighted by molar-refractivity contribution is -0.149. The van der Waals surface area contributed by atoms with E-state index in [4.69, 9.17) is 4.98 Å². The zero-order valence-electron chi connectivity index (χ0n) is 15.5. The van der Waals surface area contributed by atoms with Gasteiger partial charge in [0.1, 0.15) is 23.5 Å². The van der Waals surface area contributed by atoms with Crippen LogP contribution in [0.25, 0.3) is 0 Å². The van der Waals surface area contributed by atoms with Gasteiger partial charge in [-0.2, -0.15) is 10.5 Å². The van der Waals surface area contributed by atoms with Crippen molar-refractivity contribution in [3.05, 3.63) is 22.4 Å². The second kappa shape index (κ2) is 6.85. The van der Waals surface area contributed by atoms with Crippen molar-refractivity contribution in [1.29, 1.82) is 10.5 Å². The van der Waals surface area contributed by atoms with Crippen molar-refractivity contribution in [2.45, 2.75) is 57.8 Å². The van der Waals surface area contributed by atoms with Crippen LogP contribution in [0.4, 0.5) is 5.82 Å². The first kappa shape index (κ1) is 17.8. The summed E-state index contributed by atoms with van der Waals surface area (Å²) in [5.41, 5.74) is 1.93. The molecule has 4 rings (SSSR count). The molecule has 2 atom stereocenters. The van der Waals surface area contributed by atoms with Crippen LogP contribution in [-0.2, 0) is 17.6 Å². The van der Waals surface area contributed by atoms with E-state index < -0.39 is 11.4 Å². The molecule has 1 aromatic rings. The normalized spacial score (nSPS) is 27.0. The number of aliphatic carboxylic acids is 1. The van der Waals surface area contributed by atoms with Crippen LogP contribution in [0.15, 0.2) is 0 Å². The lowest BCUT2D eigenvalue weighted by atomic mass is 9.81. The first-order valence-electron chi connectivity index (χ1n) is 9.95. The molecular weight excluding hydrogens is 340 g/mol. The Morgan fingerprint density at radius 2 is 1.85 bits per heavy atom. The fourth-order valence-electron chi connectivity index (χ4n) is 5.34. The average molecular weight is 364 g/mol. The number of carboxylic acid groups (broad SMARTS) is 1. The van der Waals surface area contributed by atoms with Crippen molar-refractivity contribution >= 4 is 11.8 Å². The van der Waals surface area contributed by atoms with Gasteiger partial charge in [-0.1, -0.05) is 19.3 Å². The van der Waals surface area contributed by atoms with Gasteiger partial charge in [0.05, 0.1) is 11.0 Å². The number of aromatic nitrogens is 1. The third-order valence-corrected chi connectivity index (χ3v) is 6.77. The van der Waals surface area contributed by atoms with Gasteiger partial charge in [-0.15, -0.1) is 0 Å². The van der Waals surface area contributed by atoms with Gasteiger partial charge in [-0.3, -0.25) is 4.79 Å². The largest absolute Gasteiger partial charge is 0.481 e. The smallest absolute Gasteiger partial charge is 0.311 e. The first-order chi connectivity index (χ1) is 13.1. The van der Waals surface area contributed by atoms with Gasteiger partial charge in [-0.05, 0) is 50.0 Å². The maximum atomic E-state index is 12.0. The van der Waals surface area contributed by atoms with Gasteiger partial charge < -0.3 is 10.0 Å². The molecule has 6 nitrogen and oxygen atoms in total. The van der Waals surface area contributed by atoms with Crippen LogP contribution in [0.2, 0.25) is 0 Å². The molecule has 2 fully saturated rings. The van der Waals surface area contributed by atoms with Crippen LogP contribution >= 0.6 is 0 Å². The topological polar surface area (TPSA) is 101 Å². The van der Waals surface area contributed by atoms with Crippen LogP contribution < -0.4 is 4.90 Å². The number of nitriles is 2. The molecule has 0 bridgehead atoms. The van der Waals surface area contributed by atoms with Crippen LogP contribution in [0.3, 0.4) is 0 Å². The van der Waals surface area contributed by atoms with E-state index in [-0.39, 0.29) is 5.92 Å². The Labute approximate surface area is 159 Å². The summed E-state index contributed by atoms with van der Waals surface area (Å²) < 4.78 is 0. The number of aryl methyl sites for hydroxylation is 1. The monoisotopic (exact) mass is 364 g/mol. The number of carbonyl (C=O) groups is 1. The molecule has 0 spiro atoms. The van der Waals surface area contributed by atoms with Crippen LogP contribution in [-0.4, -0.2) is 29.1 Å². The van der Waals surface area contributed by atoms with E-state index in [2.05, 4.69) is 12.1 Å². The third kappa shape index (κ3) is 2.75. The van der Waals surface area contributed by atoms with Gasteiger partial charge in [0.15, 0.2) is 0 Å². The number of anilines is 1. The standard InChI is InChI=1S/C21H24N4O2/c22-10-16-15-7-3-1-2-4-8-18(15)24-19(17(16)11-23)25-12-14-6-5-9-21(14,13-25)20(26)27/h14H,1-9,12-13H2,(H,26,27)/t14-,21+/m0/s1. The molecule has 0 aromatic carbocycles. The van der Waals surface area contributed by atoms with Gasteiger partial charge >= 0.3 is 5.97 Å². The fourth-order valence-corrected chi connectivity index (χ4v) is 5.34. The summed E-state index contributed by atoms with van der Waals surface area (Å²) in [6.07, 6.45) is 8.50. The maximum absolute atomic E-state index is 12.0. The van der Waals surface area contributed by atoms with E-state index in [1.165, 1.54) is 0 Å². The molecule has 0 radical (unpaired) electrons. The Hall–Kier alpha value is -2.60. The van der Waals surface area contributed by atoms with Crippen molar-refractivity contribution in [2.75, 3.05) is 18.0 Å². The minimum atomic E-state index is -0.738. The van der Waals surface area contributed by atoms with Crippen LogP contribution in [0.5, 0.6) is 0 Å². The lowest BCUT2D eigenvalue weighted by Gasteiger charge is -2.26. The summed E-state index contributed by atoms with van der Waals surface area (Å²) in [5, 5.41) is 29.5. The molecule has 1 aliphatic heterocycles. The second-order valence-electron chi connectivity index (χ2n) is 8.18. The minimum absolute atomic E-state index is 0.0934. The van der Waals surface area contributed by atoms with E-state index in [0.29, 0.717) is 36.5 Å². The highest BCUT2D eigenvalue weighted by Crippen LogP contribution is 2.50.